The molecular formula is C22H21N5O3S3. The van der Waals surface area contributed by atoms with Crippen molar-refractivity contribution in [2.75, 3.05) is 11.1 Å². The predicted octanol–water partition coefficient (Wildman–Crippen LogP) is 3.74. The van der Waals surface area contributed by atoms with Gasteiger partial charge in [0.2, 0.25) is 15.9 Å². The lowest BCUT2D eigenvalue weighted by molar-refractivity contribution is -0.113. The van der Waals surface area contributed by atoms with E-state index in [2.05, 4.69) is 15.5 Å². The first kappa shape index (κ1) is 23.2. The van der Waals surface area contributed by atoms with Gasteiger partial charge >= 0.3 is 0 Å². The molecule has 0 aliphatic carbocycles. The number of rotatable bonds is 8. The number of nitrogens with one attached hydrogen (secondary N) is 1. The second kappa shape index (κ2) is 9.87. The standard InChI is InChI=1S/C22H21N5O3S3/c1-15-9-10-17(12-19(15)33(23,29)30)24-20(28)14-32-22-26-25-21(18-8-5-11-31-18)27(22)13-16-6-3-2-4-7-16/h2-12H,13-14H2,1H3,(H,24,28)(H2,23,29,30). The summed E-state index contributed by atoms with van der Waals surface area (Å²) in [6.45, 7) is 2.21. The number of carbonyl (C=O) groups excluding carboxylic acids is 1. The molecule has 2 aromatic carbocycles. The molecule has 0 aliphatic heterocycles. The van der Waals surface area contributed by atoms with Crippen molar-refractivity contribution in [2.24, 2.45) is 5.14 Å². The highest BCUT2D eigenvalue weighted by atomic mass is 32.2. The third-order valence-corrected chi connectivity index (χ3v) is 7.64. The zero-order valence-corrected chi connectivity index (χ0v) is 20.1. The molecule has 0 atom stereocenters. The Morgan fingerprint density at radius 1 is 1.12 bits per heavy atom. The van der Waals surface area contributed by atoms with Crippen LogP contribution in [0, 0.1) is 6.92 Å². The van der Waals surface area contributed by atoms with Crippen LogP contribution >= 0.6 is 23.1 Å². The van der Waals surface area contributed by atoms with E-state index in [9.17, 15) is 13.2 Å². The Hall–Kier alpha value is -2.99. The van der Waals surface area contributed by atoms with Crippen molar-refractivity contribution in [2.45, 2.75) is 23.5 Å². The highest BCUT2D eigenvalue weighted by Gasteiger charge is 2.18. The molecule has 0 saturated carbocycles. The van der Waals surface area contributed by atoms with Crippen molar-refractivity contribution in [1.29, 1.82) is 0 Å². The highest BCUT2D eigenvalue weighted by molar-refractivity contribution is 7.99. The second-order valence-corrected chi connectivity index (χ2v) is 10.6. The largest absolute Gasteiger partial charge is 0.325 e. The number of amides is 1. The molecular weight excluding hydrogens is 478 g/mol. The van der Waals surface area contributed by atoms with Gasteiger partial charge in [-0.2, -0.15) is 0 Å². The number of benzene rings is 2. The van der Waals surface area contributed by atoms with Gasteiger partial charge in [-0.3, -0.25) is 9.36 Å². The zero-order valence-electron chi connectivity index (χ0n) is 17.6. The van der Waals surface area contributed by atoms with Gasteiger partial charge in [0.05, 0.1) is 22.1 Å². The molecule has 0 fully saturated rings. The second-order valence-electron chi connectivity index (χ2n) is 7.22. The van der Waals surface area contributed by atoms with Crippen LogP contribution in [0.4, 0.5) is 5.69 Å². The van der Waals surface area contributed by atoms with Crippen molar-refractivity contribution in [3.63, 3.8) is 0 Å². The summed E-state index contributed by atoms with van der Waals surface area (Å²) in [6.07, 6.45) is 0. The summed E-state index contributed by atoms with van der Waals surface area (Å²) >= 11 is 2.84. The summed E-state index contributed by atoms with van der Waals surface area (Å²) in [5.74, 6) is 0.528. The maximum absolute atomic E-state index is 12.6. The lowest BCUT2D eigenvalue weighted by Gasteiger charge is -2.11. The molecule has 0 unspecified atom stereocenters. The van der Waals surface area contributed by atoms with Gasteiger partial charge in [0.25, 0.3) is 0 Å². The van der Waals surface area contributed by atoms with Gasteiger partial charge in [-0.15, -0.1) is 21.5 Å². The van der Waals surface area contributed by atoms with E-state index in [-0.39, 0.29) is 16.6 Å². The van der Waals surface area contributed by atoms with E-state index in [1.807, 2.05) is 52.4 Å². The molecule has 8 nitrogen and oxygen atoms in total. The lowest BCUT2D eigenvalue weighted by atomic mass is 10.2. The van der Waals surface area contributed by atoms with Gasteiger partial charge in [0.15, 0.2) is 11.0 Å². The van der Waals surface area contributed by atoms with Crippen molar-refractivity contribution in [3.05, 3.63) is 77.2 Å². The van der Waals surface area contributed by atoms with Gasteiger partial charge in [-0.05, 0) is 41.6 Å². The summed E-state index contributed by atoms with van der Waals surface area (Å²) in [4.78, 5) is 13.5. The van der Waals surface area contributed by atoms with Crippen LogP contribution in [0.3, 0.4) is 0 Å². The zero-order chi connectivity index (χ0) is 23.4. The minimum atomic E-state index is -3.88. The molecule has 1 amide bonds. The quantitative estimate of drug-likeness (QED) is 0.356. The fraction of sp³-hybridized carbons (Fsp3) is 0.136. The molecule has 170 valence electrons. The smallest absolute Gasteiger partial charge is 0.238 e. The number of carbonyl (C=O) groups is 1. The number of thiophene rings is 1. The third kappa shape index (κ3) is 5.69. The Labute approximate surface area is 199 Å². The molecule has 2 heterocycles. The number of aromatic nitrogens is 3. The fourth-order valence-electron chi connectivity index (χ4n) is 3.20. The van der Waals surface area contributed by atoms with Gasteiger partial charge < -0.3 is 5.32 Å². The van der Waals surface area contributed by atoms with Crippen molar-refractivity contribution in [3.8, 4) is 10.7 Å². The van der Waals surface area contributed by atoms with E-state index in [0.29, 0.717) is 23.0 Å². The Bertz CT molecular complexity index is 1370. The van der Waals surface area contributed by atoms with Crippen LogP contribution in [-0.2, 0) is 21.4 Å². The molecule has 0 bridgehead atoms. The Morgan fingerprint density at radius 2 is 1.91 bits per heavy atom. The average molecular weight is 500 g/mol. The number of sulfonamides is 1. The van der Waals surface area contributed by atoms with Crippen LogP contribution in [0.1, 0.15) is 11.1 Å². The number of hydrogen-bond donors (Lipinski definition) is 2. The monoisotopic (exact) mass is 499 g/mol. The Balaban J connectivity index is 1.51. The van der Waals surface area contributed by atoms with Crippen LogP contribution in [0.15, 0.2) is 76.1 Å². The summed E-state index contributed by atoms with van der Waals surface area (Å²) in [5, 5.41) is 19.2. The first-order chi connectivity index (χ1) is 15.8. The van der Waals surface area contributed by atoms with E-state index < -0.39 is 10.0 Å². The fourth-order valence-corrected chi connectivity index (χ4v) is 5.47. The molecule has 33 heavy (non-hydrogen) atoms. The molecule has 2 aromatic heterocycles. The molecule has 0 spiro atoms. The summed E-state index contributed by atoms with van der Waals surface area (Å²) in [5.41, 5.74) is 1.97. The Kier molecular flexibility index (Phi) is 6.94. The van der Waals surface area contributed by atoms with E-state index in [4.69, 9.17) is 5.14 Å². The summed E-state index contributed by atoms with van der Waals surface area (Å²) < 4.78 is 25.5. The van der Waals surface area contributed by atoms with Gasteiger partial charge in [-0.25, -0.2) is 13.6 Å². The summed E-state index contributed by atoms with van der Waals surface area (Å²) in [6, 6.07) is 18.5. The van der Waals surface area contributed by atoms with Crippen LogP contribution in [0.5, 0.6) is 0 Å². The molecule has 4 aromatic rings. The number of thioether (sulfide) groups is 1. The topological polar surface area (TPSA) is 120 Å². The average Bonchev–Trinajstić information content (AvgIpc) is 3.44. The third-order valence-electron chi connectivity index (χ3n) is 4.75. The van der Waals surface area contributed by atoms with Crippen LogP contribution in [0.25, 0.3) is 10.7 Å². The molecule has 0 radical (unpaired) electrons. The van der Waals surface area contributed by atoms with E-state index in [1.54, 1.807) is 30.4 Å². The van der Waals surface area contributed by atoms with Crippen LogP contribution in [-0.4, -0.2) is 34.8 Å². The predicted molar refractivity (Wildman–Crippen MR) is 131 cm³/mol. The molecule has 4 rings (SSSR count). The van der Waals surface area contributed by atoms with E-state index >= 15 is 0 Å². The Morgan fingerprint density at radius 3 is 2.61 bits per heavy atom. The number of hydrogen-bond acceptors (Lipinski definition) is 7. The molecule has 0 aliphatic rings. The van der Waals surface area contributed by atoms with Crippen molar-refractivity contribution >= 4 is 44.7 Å². The summed E-state index contributed by atoms with van der Waals surface area (Å²) in [7, 11) is -3.88. The molecule has 0 saturated heterocycles. The SMILES string of the molecule is Cc1ccc(NC(=O)CSc2nnc(-c3cccs3)n2Cc2ccccc2)cc1S(N)(=O)=O. The number of nitrogens with two attached hydrogens (primary N) is 1. The minimum absolute atomic E-state index is 0.0175. The lowest BCUT2D eigenvalue weighted by Crippen LogP contribution is -2.17. The van der Waals surface area contributed by atoms with Crippen LogP contribution < -0.4 is 10.5 Å². The first-order valence-electron chi connectivity index (χ1n) is 9.88. The van der Waals surface area contributed by atoms with Gasteiger partial charge in [-0.1, -0.05) is 54.2 Å². The number of nitrogens with zero attached hydrogens (tertiary/aromatic N) is 3. The molecule has 11 heteroatoms. The highest BCUT2D eigenvalue weighted by Crippen LogP contribution is 2.28. The minimum Gasteiger partial charge on any atom is -0.325 e. The van der Waals surface area contributed by atoms with Crippen molar-refractivity contribution < 1.29 is 13.2 Å². The van der Waals surface area contributed by atoms with Crippen LogP contribution in [0.2, 0.25) is 0 Å². The van der Waals surface area contributed by atoms with E-state index in [1.165, 1.54) is 17.8 Å². The van der Waals surface area contributed by atoms with Gasteiger partial charge in [0.1, 0.15) is 0 Å². The number of aryl methyl sites for hydroxylation is 1. The first-order valence-corrected chi connectivity index (χ1v) is 13.3. The maximum Gasteiger partial charge on any atom is 0.238 e. The number of anilines is 1. The molecule has 3 N–H and O–H groups in total. The normalized spacial score (nSPS) is 11.5. The number of primary sulfonamides is 1. The maximum atomic E-state index is 12.6. The van der Waals surface area contributed by atoms with E-state index in [0.717, 1.165) is 16.3 Å². The van der Waals surface area contributed by atoms with Crippen molar-refractivity contribution in [1.82, 2.24) is 14.8 Å². The van der Waals surface area contributed by atoms with Gasteiger partial charge in [0, 0.05) is 5.69 Å².